The van der Waals surface area contributed by atoms with Crippen LogP contribution < -0.4 is 11.2 Å². The van der Waals surface area contributed by atoms with E-state index in [0.29, 0.717) is 17.1 Å². The Labute approximate surface area is 175 Å². The van der Waals surface area contributed by atoms with Gasteiger partial charge in [-0.3, -0.25) is 4.79 Å². The molecule has 148 valence electrons. The van der Waals surface area contributed by atoms with Gasteiger partial charge < -0.3 is 10.6 Å². The van der Waals surface area contributed by atoms with E-state index < -0.39 is 0 Å². The second-order valence-corrected chi connectivity index (χ2v) is 6.75. The predicted molar refractivity (Wildman–Crippen MR) is 116 cm³/mol. The lowest BCUT2D eigenvalue weighted by Crippen LogP contribution is -2.34. The molecule has 1 saturated heterocycles. The number of rotatable bonds is 5. The number of hydrogen-bond donors (Lipinski definition) is 2. The van der Waals surface area contributed by atoms with Crippen LogP contribution in [0, 0.1) is 0 Å². The third kappa shape index (κ3) is 5.97. The molecule has 0 atom stereocenters. The van der Waals surface area contributed by atoms with Gasteiger partial charge in [-0.25, -0.2) is 10.4 Å². The minimum atomic E-state index is 0. The van der Waals surface area contributed by atoms with Crippen molar-refractivity contribution >= 4 is 42.1 Å². The van der Waals surface area contributed by atoms with Crippen LogP contribution in [-0.4, -0.2) is 36.1 Å². The molecular formula is C20H23Cl2N5O. The van der Waals surface area contributed by atoms with Gasteiger partial charge in [-0.1, -0.05) is 48.0 Å². The monoisotopic (exact) mass is 419 g/mol. The summed E-state index contributed by atoms with van der Waals surface area (Å²) in [6.07, 6.45) is 3.09. The maximum atomic E-state index is 10.9. The topological polar surface area (TPSA) is 83.1 Å². The molecule has 3 rings (SSSR count). The first-order chi connectivity index (χ1) is 13.2. The summed E-state index contributed by atoms with van der Waals surface area (Å²) in [6.45, 7) is 2.33. The number of likely N-dealkylation sites (tertiary alicyclic amines) is 1. The van der Waals surface area contributed by atoms with Crippen LogP contribution >= 0.6 is 24.0 Å². The molecule has 0 unspecified atom stereocenters. The maximum absolute atomic E-state index is 10.9. The Bertz CT molecular complexity index is 829. The van der Waals surface area contributed by atoms with Gasteiger partial charge in [0.05, 0.1) is 6.54 Å². The number of carbonyl (C=O) groups is 1. The maximum Gasteiger partial charge on any atom is 0.209 e. The van der Waals surface area contributed by atoms with Crippen molar-refractivity contribution in [3.63, 3.8) is 0 Å². The number of benzene rings is 2. The Morgan fingerprint density at radius 3 is 2.36 bits per heavy atom. The van der Waals surface area contributed by atoms with E-state index in [0.717, 1.165) is 49.2 Å². The number of aliphatic imine (C=N–C) groups is 1. The van der Waals surface area contributed by atoms with Gasteiger partial charge in [0.15, 0.2) is 5.84 Å². The van der Waals surface area contributed by atoms with Crippen molar-refractivity contribution < 1.29 is 4.79 Å². The molecule has 0 spiro atoms. The molecule has 0 aromatic heterocycles. The summed E-state index contributed by atoms with van der Waals surface area (Å²) in [4.78, 5) is 17.4. The molecule has 6 nitrogen and oxygen atoms in total. The molecule has 0 radical (unpaired) electrons. The molecule has 8 heteroatoms. The van der Waals surface area contributed by atoms with Gasteiger partial charge in [0, 0.05) is 29.2 Å². The zero-order valence-corrected chi connectivity index (χ0v) is 16.9. The molecule has 0 bridgehead atoms. The molecular weight excluding hydrogens is 397 g/mol. The van der Waals surface area contributed by atoms with Gasteiger partial charge in [0.1, 0.15) is 6.29 Å². The number of nitrogens with zero attached hydrogens (tertiary/aromatic N) is 3. The normalized spacial score (nSPS) is 14.5. The first-order valence-electron chi connectivity index (χ1n) is 8.84. The number of amidine groups is 1. The van der Waals surface area contributed by atoms with E-state index in [4.69, 9.17) is 17.3 Å². The zero-order valence-electron chi connectivity index (χ0n) is 15.3. The number of carbonyl (C=O) groups excluding carboxylic acids is 1. The lowest BCUT2D eigenvalue weighted by Gasteiger charge is -2.20. The van der Waals surface area contributed by atoms with E-state index in [1.54, 1.807) is 12.1 Å². The fourth-order valence-corrected chi connectivity index (χ4v) is 3.00. The molecule has 28 heavy (non-hydrogen) atoms. The number of nitrogens with one attached hydrogen (secondary N) is 1. The van der Waals surface area contributed by atoms with E-state index in [-0.39, 0.29) is 18.4 Å². The van der Waals surface area contributed by atoms with Gasteiger partial charge in [0.25, 0.3) is 0 Å². The minimum absolute atomic E-state index is 0. The van der Waals surface area contributed by atoms with Gasteiger partial charge in [-0.15, -0.1) is 12.4 Å². The largest absolute Gasteiger partial charge is 0.369 e. The highest BCUT2D eigenvalue weighted by molar-refractivity contribution is 6.30. The van der Waals surface area contributed by atoms with Crippen molar-refractivity contribution in [2.24, 2.45) is 15.8 Å². The molecule has 1 aliphatic heterocycles. The van der Waals surface area contributed by atoms with Crippen molar-refractivity contribution in [2.75, 3.05) is 13.1 Å². The van der Waals surface area contributed by atoms with Crippen molar-refractivity contribution in [1.29, 1.82) is 0 Å². The van der Waals surface area contributed by atoms with Crippen molar-refractivity contribution in [2.45, 2.75) is 19.4 Å². The smallest absolute Gasteiger partial charge is 0.209 e. The number of guanidine groups is 1. The molecule has 2 aromatic rings. The number of hydrogen-bond acceptors (Lipinski definition) is 3. The predicted octanol–water partition coefficient (Wildman–Crippen LogP) is 3.44. The first-order valence-corrected chi connectivity index (χ1v) is 9.22. The summed E-state index contributed by atoms with van der Waals surface area (Å²) in [6, 6.07) is 14.8. The minimum Gasteiger partial charge on any atom is -0.369 e. The summed E-state index contributed by atoms with van der Waals surface area (Å²) in [5, 5.41) is 5.17. The molecule has 3 N–H and O–H groups in total. The average Bonchev–Trinajstić information content (AvgIpc) is 3.23. The Morgan fingerprint density at radius 2 is 1.75 bits per heavy atom. The van der Waals surface area contributed by atoms with Crippen molar-refractivity contribution in [1.82, 2.24) is 10.3 Å². The Hall–Kier alpha value is -2.57. The van der Waals surface area contributed by atoms with Gasteiger partial charge in [0.2, 0.25) is 5.96 Å². The van der Waals surface area contributed by atoms with E-state index in [2.05, 4.69) is 20.4 Å². The summed E-state index contributed by atoms with van der Waals surface area (Å²) < 4.78 is 0. The second kappa shape index (κ2) is 10.7. The van der Waals surface area contributed by atoms with Crippen LogP contribution in [0.3, 0.4) is 0 Å². The first kappa shape index (κ1) is 21.7. The number of nitrogens with two attached hydrogens (primary N) is 1. The molecule has 0 amide bonds. The molecule has 1 heterocycles. The lowest BCUT2D eigenvalue weighted by atomic mass is 10.1. The van der Waals surface area contributed by atoms with E-state index in [1.807, 2.05) is 36.4 Å². The van der Waals surface area contributed by atoms with Gasteiger partial charge in [-0.05, 0) is 30.5 Å². The number of halogens is 2. The highest BCUT2D eigenvalue weighted by atomic mass is 35.5. The molecule has 1 aliphatic rings. The molecule has 1 fully saturated rings. The van der Waals surface area contributed by atoms with Gasteiger partial charge in [-0.2, -0.15) is 5.10 Å². The Morgan fingerprint density at radius 1 is 1.11 bits per heavy atom. The van der Waals surface area contributed by atoms with Crippen LogP contribution in [0.25, 0.3) is 0 Å². The fourth-order valence-electron chi connectivity index (χ4n) is 2.87. The zero-order chi connectivity index (χ0) is 19.1. The van der Waals surface area contributed by atoms with E-state index in [1.165, 1.54) is 0 Å². The molecule has 2 aromatic carbocycles. The SMILES string of the molecule is Cl.NC(=NCc1ccc(Cl)cc1)NN=C(c1ccc(C=O)cc1)N1CCCC1. The van der Waals surface area contributed by atoms with Crippen LogP contribution in [0.4, 0.5) is 0 Å². The highest BCUT2D eigenvalue weighted by Gasteiger charge is 2.18. The highest BCUT2D eigenvalue weighted by Crippen LogP contribution is 2.14. The van der Waals surface area contributed by atoms with Crippen LogP contribution in [-0.2, 0) is 6.54 Å². The number of hydrazone groups is 1. The van der Waals surface area contributed by atoms with Crippen LogP contribution in [0.1, 0.15) is 34.3 Å². The molecule has 0 saturated carbocycles. The average molecular weight is 420 g/mol. The summed E-state index contributed by atoms with van der Waals surface area (Å²) in [5.74, 6) is 1.04. The van der Waals surface area contributed by atoms with E-state index in [9.17, 15) is 4.79 Å². The third-order valence-electron chi connectivity index (χ3n) is 4.33. The summed E-state index contributed by atoms with van der Waals surface area (Å²) in [7, 11) is 0. The van der Waals surface area contributed by atoms with Crippen molar-refractivity contribution in [3.05, 3.63) is 70.2 Å². The summed E-state index contributed by atoms with van der Waals surface area (Å²) >= 11 is 5.88. The van der Waals surface area contributed by atoms with Crippen LogP contribution in [0.5, 0.6) is 0 Å². The lowest BCUT2D eigenvalue weighted by molar-refractivity contribution is 0.112. The quantitative estimate of drug-likeness (QED) is 0.336. The third-order valence-corrected chi connectivity index (χ3v) is 4.58. The number of aldehydes is 1. The summed E-state index contributed by atoms with van der Waals surface area (Å²) in [5.41, 5.74) is 11.4. The van der Waals surface area contributed by atoms with E-state index >= 15 is 0 Å². The Balaban J connectivity index is 0.00000280. The van der Waals surface area contributed by atoms with Crippen LogP contribution in [0.15, 0.2) is 58.6 Å². The van der Waals surface area contributed by atoms with Crippen LogP contribution in [0.2, 0.25) is 5.02 Å². The molecule has 0 aliphatic carbocycles. The standard InChI is InChI=1S/C20H22ClN5O.ClH/c21-18-9-5-15(6-10-18)13-23-20(22)25-24-19(26-11-1-2-12-26)17-7-3-16(14-27)4-8-17;/h3-10,14H,1-2,11-13H2,(H3,22,23,25);1H. The van der Waals surface area contributed by atoms with Crippen molar-refractivity contribution in [3.8, 4) is 0 Å². The fraction of sp³-hybridized carbons (Fsp3) is 0.250. The Kier molecular flexibility index (Phi) is 8.29. The second-order valence-electron chi connectivity index (χ2n) is 6.31. The van der Waals surface area contributed by atoms with Gasteiger partial charge >= 0.3 is 0 Å².